The first-order chi connectivity index (χ1) is 14.2. The van der Waals surface area contributed by atoms with Gasteiger partial charge in [-0.1, -0.05) is 25.1 Å². The van der Waals surface area contributed by atoms with E-state index in [1.54, 1.807) is 48.7 Å². The van der Waals surface area contributed by atoms with Crippen molar-refractivity contribution in [2.45, 2.75) is 19.4 Å². The van der Waals surface area contributed by atoms with Crippen molar-refractivity contribution in [2.24, 2.45) is 5.73 Å². The third-order valence-corrected chi connectivity index (χ3v) is 5.07. The van der Waals surface area contributed by atoms with Crippen LogP contribution >= 0.6 is 0 Å². The summed E-state index contributed by atoms with van der Waals surface area (Å²) in [5.41, 5.74) is 8.44. The van der Waals surface area contributed by atoms with Crippen LogP contribution in [-0.2, 0) is 10.0 Å². The summed E-state index contributed by atoms with van der Waals surface area (Å²) in [6.07, 6.45) is 3.57. The average Bonchev–Trinajstić information content (AvgIpc) is 2.71. The minimum absolute atomic E-state index is 0.0213. The zero-order valence-corrected chi connectivity index (χ0v) is 17.6. The summed E-state index contributed by atoms with van der Waals surface area (Å²) in [5.74, 6) is 1.04. The van der Waals surface area contributed by atoms with Gasteiger partial charge in [0.15, 0.2) is 5.82 Å². The molecule has 2 aromatic carbocycles. The van der Waals surface area contributed by atoms with Gasteiger partial charge in [-0.3, -0.25) is 4.72 Å². The second-order valence-corrected chi connectivity index (χ2v) is 8.75. The predicted molar refractivity (Wildman–Crippen MR) is 120 cm³/mol. The standard InChI is InChI=1S/C21H25N5O3S/c1-3-16(22)13-24-20-9-10-23-21(25-20)18-12-15(7-8-19(18)27)14-5-4-6-17(11-14)26-30(2,28)29/h4-12,16,26-27H,3,13,22H2,1-2H3,(H,23,24,25)/t16-/m1/s1. The monoisotopic (exact) mass is 427 g/mol. The van der Waals surface area contributed by atoms with E-state index in [2.05, 4.69) is 20.0 Å². The van der Waals surface area contributed by atoms with Crippen LogP contribution in [0.3, 0.4) is 0 Å². The molecule has 5 N–H and O–H groups in total. The highest BCUT2D eigenvalue weighted by Crippen LogP contribution is 2.33. The molecule has 3 aromatic rings. The Hall–Kier alpha value is -3.17. The van der Waals surface area contributed by atoms with E-state index in [9.17, 15) is 13.5 Å². The van der Waals surface area contributed by atoms with Crippen LogP contribution in [0.2, 0.25) is 0 Å². The van der Waals surface area contributed by atoms with Crippen molar-refractivity contribution in [1.82, 2.24) is 9.97 Å². The van der Waals surface area contributed by atoms with Gasteiger partial charge >= 0.3 is 0 Å². The molecule has 0 fully saturated rings. The molecule has 0 aliphatic heterocycles. The molecule has 0 amide bonds. The Kier molecular flexibility index (Phi) is 6.53. The first kappa shape index (κ1) is 21.5. The molecular weight excluding hydrogens is 402 g/mol. The number of nitrogens with zero attached hydrogens (tertiary/aromatic N) is 2. The van der Waals surface area contributed by atoms with Crippen LogP contribution < -0.4 is 15.8 Å². The number of hydrogen-bond acceptors (Lipinski definition) is 7. The lowest BCUT2D eigenvalue weighted by Gasteiger charge is -2.12. The molecule has 1 aromatic heterocycles. The summed E-state index contributed by atoms with van der Waals surface area (Å²) in [6, 6.07) is 13.9. The summed E-state index contributed by atoms with van der Waals surface area (Å²) in [4.78, 5) is 8.77. The topological polar surface area (TPSA) is 130 Å². The van der Waals surface area contributed by atoms with Crippen LogP contribution in [0.1, 0.15) is 13.3 Å². The molecule has 8 nitrogen and oxygen atoms in total. The van der Waals surface area contributed by atoms with Gasteiger partial charge < -0.3 is 16.2 Å². The van der Waals surface area contributed by atoms with Crippen LogP contribution in [0.25, 0.3) is 22.5 Å². The third kappa shape index (κ3) is 5.68. The van der Waals surface area contributed by atoms with E-state index in [4.69, 9.17) is 5.73 Å². The van der Waals surface area contributed by atoms with Gasteiger partial charge in [0.25, 0.3) is 0 Å². The molecule has 1 atom stereocenters. The number of phenols is 1. The Labute approximate surface area is 176 Å². The number of sulfonamides is 1. The van der Waals surface area contributed by atoms with Gasteiger partial charge in [-0.2, -0.15) is 0 Å². The molecule has 0 aliphatic carbocycles. The number of aromatic nitrogens is 2. The van der Waals surface area contributed by atoms with E-state index in [0.29, 0.717) is 29.4 Å². The molecule has 30 heavy (non-hydrogen) atoms. The summed E-state index contributed by atoms with van der Waals surface area (Å²) in [6.45, 7) is 2.60. The summed E-state index contributed by atoms with van der Waals surface area (Å²) < 4.78 is 25.5. The fraction of sp³-hybridized carbons (Fsp3) is 0.238. The molecule has 158 valence electrons. The average molecular weight is 428 g/mol. The SMILES string of the molecule is CC[C@@H](N)CNc1ccnc(-c2cc(-c3cccc(NS(C)(=O)=O)c3)ccc2O)n1. The molecule has 0 bridgehead atoms. The van der Waals surface area contributed by atoms with Crippen molar-refractivity contribution in [2.75, 3.05) is 22.8 Å². The zero-order valence-electron chi connectivity index (χ0n) is 16.8. The van der Waals surface area contributed by atoms with Crippen LogP contribution in [0, 0.1) is 0 Å². The van der Waals surface area contributed by atoms with Crippen LogP contribution in [0.15, 0.2) is 54.7 Å². The number of benzene rings is 2. The normalized spacial score (nSPS) is 12.4. The molecule has 0 saturated carbocycles. The van der Waals surface area contributed by atoms with E-state index < -0.39 is 10.0 Å². The maximum absolute atomic E-state index is 11.5. The number of hydrogen-bond donors (Lipinski definition) is 4. The molecule has 0 aliphatic rings. The summed E-state index contributed by atoms with van der Waals surface area (Å²) >= 11 is 0. The van der Waals surface area contributed by atoms with Gasteiger partial charge in [0, 0.05) is 24.5 Å². The first-order valence-corrected chi connectivity index (χ1v) is 11.4. The van der Waals surface area contributed by atoms with Crippen molar-refractivity contribution < 1.29 is 13.5 Å². The Morgan fingerprint density at radius 3 is 2.63 bits per heavy atom. The van der Waals surface area contributed by atoms with Gasteiger partial charge in [-0.25, -0.2) is 18.4 Å². The van der Waals surface area contributed by atoms with E-state index >= 15 is 0 Å². The predicted octanol–water partition coefficient (Wildman–Crippen LogP) is 3.04. The van der Waals surface area contributed by atoms with Gasteiger partial charge in [0.05, 0.1) is 11.8 Å². The van der Waals surface area contributed by atoms with Crippen molar-refractivity contribution in [1.29, 1.82) is 0 Å². The second kappa shape index (κ2) is 9.10. The number of rotatable bonds is 8. The van der Waals surface area contributed by atoms with Crippen molar-refractivity contribution in [3.8, 4) is 28.3 Å². The second-order valence-electron chi connectivity index (χ2n) is 7.00. The minimum Gasteiger partial charge on any atom is -0.507 e. The Morgan fingerprint density at radius 2 is 1.90 bits per heavy atom. The quantitative estimate of drug-likeness (QED) is 0.435. The lowest BCUT2D eigenvalue weighted by molar-refractivity contribution is 0.477. The van der Waals surface area contributed by atoms with Gasteiger partial charge in [-0.05, 0) is 47.9 Å². The number of aromatic hydroxyl groups is 1. The van der Waals surface area contributed by atoms with Crippen LogP contribution in [0.4, 0.5) is 11.5 Å². The van der Waals surface area contributed by atoms with Crippen LogP contribution in [0.5, 0.6) is 5.75 Å². The smallest absolute Gasteiger partial charge is 0.229 e. The van der Waals surface area contributed by atoms with Crippen molar-refractivity contribution in [3.63, 3.8) is 0 Å². The maximum Gasteiger partial charge on any atom is 0.229 e. The van der Waals surface area contributed by atoms with E-state index in [-0.39, 0.29) is 11.8 Å². The molecular formula is C21H25N5O3S. The summed E-state index contributed by atoms with van der Waals surface area (Å²) in [7, 11) is -3.38. The van der Waals surface area contributed by atoms with E-state index in [0.717, 1.165) is 23.8 Å². The van der Waals surface area contributed by atoms with Gasteiger partial charge in [0.1, 0.15) is 11.6 Å². The van der Waals surface area contributed by atoms with Gasteiger partial charge in [0.2, 0.25) is 10.0 Å². The fourth-order valence-electron chi connectivity index (χ4n) is 2.84. The lowest BCUT2D eigenvalue weighted by Crippen LogP contribution is -2.28. The minimum atomic E-state index is -3.38. The fourth-order valence-corrected chi connectivity index (χ4v) is 3.39. The molecule has 0 saturated heterocycles. The molecule has 3 rings (SSSR count). The van der Waals surface area contributed by atoms with E-state index in [1.165, 1.54) is 0 Å². The highest BCUT2D eigenvalue weighted by Gasteiger charge is 2.12. The first-order valence-electron chi connectivity index (χ1n) is 9.49. The third-order valence-electron chi connectivity index (χ3n) is 4.46. The van der Waals surface area contributed by atoms with Crippen LogP contribution in [-0.4, -0.2) is 42.3 Å². The Morgan fingerprint density at radius 1 is 1.13 bits per heavy atom. The lowest BCUT2D eigenvalue weighted by atomic mass is 10.0. The zero-order chi connectivity index (χ0) is 21.7. The van der Waals surface area contributed by atoms with Gasteiger partial charge in [-0.15, -0.1) is 0 Å². The highest BCUT2D eigenvalue weighted by molar-refractivity contribution is 7.92. The molecule has 0 spiro atoms. The van der Waals surface area contributed by atoms with E-state index in [1.807, 2.05) is 13.0 Å². The Bertz CT molecular complexity index is 1130. The number of anilines is 2. The molecule has 0 radical (unpaired) electrons. The molecule has 1 heterocycles. The molecule has 9 heteroatoms. The maximum atomic E-state index is 11.5. The van der Waals surface area contributed by atoms with Crippen molar-refractivity contribution in [3.05, 3.63) is 54.7 Å². The molecule has 0 unspecified atom stereocenters. The highest BCUT2D eigenvalue weighted by atomic mass is 32.2. The number of phenolic OH excluding ortho intramolecular Hbond substituents is 1. The largest absolute Gasteiger partial charge is 0.507 e. The number of nitrogens with one attached hydrogen (secondary N) is 2. The Balaban J connectivity index is 1.92. The summed E-state index contributed by atoms with van der Waals surface area (Å²) in [5, 5.41) is 13.6. The number of nitrogens with two attached hydrogens (primary N) is 1. The van der Waals surface area contributed by atoms with Crippen molar-refractivity contribution >= 4 is 21.5 Å².